The van der Waals surface area contributed by atoms with Crippen LogP contribution >= 0.6 is 0 Å². The molecule has 1 aromatic heterocycles. The monoisotopic (exact) mass is 668 g/mol. The number of carbonyl (C=O) groups excluding carboxylic acids is 2. The van der Waals surface area contributed by atoms with Gasteiger partial charge in [0.25, 0.3) is 15.9 Å². The van der Waals surface area contributed by atoms with Crippen LogP contribution in [0, 0.1) is 6.92 Å². The number of primary amides is 1. The van der Waals surface area contributed by atoms with Crippen LogP contribution in [-0.2, 0) is 16.4 Å². The van der Waals surface area contributed by atoms with Crippen LogP contribution < -0.4 is 14.9 Å². The molecule has 1 aliphatic heterocycles. The molecule has 2 heterocycles. The number of hydrogen-bond acceptors (Lipinski definition) is 8. The average Bonchev–Trinajstić information content (AvgIpc) is 3.44. The van der Waals surface area contributed by atoms with E-state index in [1.165, 1.54) is 34.6 Å². The number of fused-ring (bicyclic) bond motifs is 1. The van der Waals surface area contributed by atoms with E-state index in [2.05, 4.69) is 4.90 Å². The number of aryl methyl sites for hydroxylation is 1. The van der Waals surface area contributed by atoms with Gasteiger partial charge in [-0.25, -0.2) is 8.42 Å². The van der Waals surface area contributed by atoms with Gasteiger partial charge >= 0.3 is 0 Å². The number of aliphatic hydroxyl groups excluding tert-OH is 1. The molecule has 12 heteroatoms. The quantitative estimate of drug-likeness (QED) is 0.187. The largest absolute Gasteiger partial charge is 0.455 e. The van der Waals surface area contributed by atoms with Gasteiger partial charge in [-0.15, -0.1) is 0 Å². The number of benzene rings is 4. The number of nitrogens with zero attached hydrogens (tertiary/aromatic N) is 3. The summed E-state index contributed by atoms with van der Waals surface area (Å²) in [5.74, 6) is -0.757. The van der Waals surface area contributed by atoms with Gasteiger partial charge in [0, 0.05) is 54.8 Å². The van der Waals surface area contributed by atoms with Crippen molar-refractivity contribution in [3.63, 3.8) is 0 Å². The number of piperazine rings is 1. The lowest BCUT2D eigenvalue weighted by molar-refractivity contribution is -0.0576. The van der Waals surface area contributed by atoms with Crippen molar-refractivity contribution in [1.82, 2.24) is 4.90 Å². The highest BCUT2D eigenvalue weighted by Gasteiger charge is 2.31. The number of furan rings is 1. The van der Waals surface area contributed by atoms with Crippen molar-refractivity contribution in [3.8, 4) is 0 Å². The fraction of sp³-hybridized carbons (Fsp3) is 0.222. The smallest absolute Gasteiger partial charge is 0.264 e. The number of aliphatic hydroxyl groups is 2. The highest BCUT2D eigenvalue weighted by atomic mass is 32.2. The predicted octanol–water partition coefficient (Wildman–Crippen LogP) is 4.22. The summed E-state index contributed by atoms with van der Waals surface area (Å²) in [7, 11) is -4.13. The minimum atomic E-state index is -4.13. The summed E-state index contributed by atoms with van der Waals surface area (Å²) in [6.45, 7) is 3.59. The molecule has 4 aromatic carbocycles. The van der Waals surface area contributed by atoms with E-state index in [0.29, 0.717) is 65.9 Å². The first kappa shape index (κ1) is 32.8. The molecule has 4 N–H and O–H groups in total. The van der Waals surface area contributed by atoms with E-state index in [9.17, 15) is 28.2 Å². The van der Waals surface area contributed by atoms with Crippen LogP contribution in [0.5, 0.6) is 0 Å². The van der Waals surface area contributed by atoms with E-state index in [1.54, 1.807) is 36.1 Å². The van der Waals surface area contributed by atoms with Crippen LogP contribution in [0.25, 0.3) is 11.0 Å². The lowest BCUT2D eigenvalue weighted by atomic mass is 10.1. The van der Waals surface area contributed by atoms with Gasteiger partial charge in [-0.1, -0.05) is 42.5 Å². The highest BCUT2D eigenvalue weighted by Crippen LogP contribution is 2.36. The minimum absolute atomic E-state index is 0.0360. The van der Waals surface area contributed by atoms with Gasteiger partial charge in [0.1, 0.15) is 5.58 Å². The van der Waals surface area contributed by atoms with Crippen LogP contribution in [0.1, 0.15) is 43.9 Å². The van der Waals surface area contributed by atoms with Gasteiger partial charge in [0.15, 0.2) is 5.76 Å². The molecule has 0 saturated carbocycles. The van der Waals surface area contributed by atoms with Crippen molar-refractivity contribution in [3.05, 3.63) is 125 Å². The summed E-state index contributed by atoms with van der Waals surface area (Å²) in [5, 5.41) is 19.9. The van der Waals surface area contributed by atoms with Gasteiger partial charge in [-0.2, -0.15) is 0 Å². The topological polar surface area (TPSA) is 158 Å². The van der Waals surface area contributed by atoms with Crippen molar-refractivity contribution in [2.24, 2.45) is 5.73 Å². The predicted molar refractivity (Wildman–Crippen MR) is 182 cm³/mol. The van der Waals surface area contributed by atoms with Crippen molar-refractivity contribution in [2.75, 3.05) is 41.9 Å². The molecule has 0 spiro atoms. The molecule has 0 radical (unpaired) electrons. The fourth-order valence-corrected chi connectivity index (χ4v) is 7.56. The zero-order chi connectivity index (χ0) is 34.0. The van der Waals surface area contributed by atoms with E-state index >= 15 is 0 Å². The molecule has 0 atom stereocenters. The molecular formula is C36H36N4O7S. The molecule has 1 fully saturated rings. The molecule has 0 unspecified atom stereocenters. The molecule has 1 aliphatic rings. The number of amides is 2. The second-order valence-electron chi connectivity index (χ2n) is 11.6. The summed E-state index contributed by atoms with van der Waals surface area (Å²) in [6.07, 6.45) is -1.37. The Labute approximate surface area is 278 Å². The Balaban J connectivity index is 1.30. The second kappa shape index (κ2) is 13.5. The van der Waals surface area contributed by atoms with Crippen LogP contribution in [0.15, 0.2) is 106 Å². The first-order valence-corrected chi connectivity index (χ1v) is 17.0. The summed E-state index contributed by atoms with van der Waals surface area (Å²) in [4.78, 5) is 28.5. The number of para-hydroxylation sites is 2. The number of hydrogen-bond donors (Lipinski definition) is 3. The van der Waals surface area contributed by atoms with E-state index in [1.807, 2.05) is 42.5 Å². The molecule has 6 rings (SSSR count). The molecule has 0 bridgehead atoms. The Morgan fingerprint density at radius 1 is 0.875 bits per heavy atom. The Hall–Kier alpha value is -5.17. The second-order valence-corrected chi connectivity index (χ2v) is 13.5. The molecule has 48 heavy (non-hydrogen) atoms. The summed E-state index contributed by atoms with van der Waals surface area (Å²) >= 11 is 0. The van der Waals surface area contributed by atoms with Gasteiger partial charge in [-0.05, 0) is 73.5 Å². The van der Waals surface area contributed by atoms with Crippen molar-refractivity contribution in [1.29, 1.82) is 0 Å². The summed E-state index contributed by atoms with van der Waals surface area (Å²) in [6, 6.07) is 27.7. The van der Waals surface area contributed by atoms with Crippen molar-refractivity contribution >= 4 is 44.2 Å². The lowest BCUT2D eigenvalue weighted by Gasteiger charge is -2.38. The maximum Gasteiger partial charge on any atom is 0.264 e. The Bertz CT molecular complexity index is 2050. The first-order chi connectivity index (χ1) is 23.0. The Morgan fingerprint density at radius 3 is 2.19 bits per heavy atom. The number of rotatable bonds is 10. The van der Waals surface area contributed by atoms with Crippen molar-refractivity contribution in [2.45, 2.75) is 24.5 Å². The van der Waals surface area contributed by atoms with Gasteiger partial charge < -0.3 is 30.2 Å². The summed E-state index contributed by atoms with van der Waals surface area (Å²) in [5.41, 5.74) is 9.12. The fourth-order valence-electron chi connectivity index (χ4n) is 6.05. The van der Waals surface area contributed by atoms with E-state index in [4.69, 9.17) is 10.2 Å². The minimum Gasteiger partial charge on any atom is -0.455 e. The number of nitrogens with two attached hydrogens (primary N) is 1. The molecule has 11 nitrogen and oxygen atoms in total. The van der Waals surface area contributed by atoms with Crippen molar-refractivity contribution < 1.29 is 32.6 Å². The SMILES string of the molecule is Cc1c(C(O)O)oc2ccc(S(=O)(=O)N(CCc3ccccc3)c3ccccc3N3CCN(C(=O)c4ccc(C(N)=O)cc4)CC3)cc12. The van der Waals surface area contributed by atoms with Crippen LogP contribution in [-0.4, -0.2) is 68.1 Å². The normalized spacial score (nSPS) is 13.7. The maximum absolute atomic E-state index is 14.5. The van der Waals surface area contributed by atoms with E-state index < -0.39 is 22.2 Å². The first-order valence-electron chi connectivity index (χ1n) is 15.5. The maximum atomic E-state index is 14.5. The zero-order valence-corrected chi connectivity index (χ0v) is 27.1. The Morgan fingerprint density at radius 2 is 1.52 bits per heavy atom. The average molecular weight is 669 g/mol. The zero-order valence-electron chi connectivity index (χ0n) is 26.3. The molecule has 248 valence electrons. The number of anilines is 2. The number of sulfonamides is 1. The molecular weight excluding hydrogens is 632 g/mol. The van der Waals surface area contributed by atoms with Crippen LogP contribution in [0.2, 0.25) is 0 Å². The molecule has 0 aliphatic carbocycles. The van der Waals surface area contributed by atoms with Crippen LogP contribution in [0.3, 0.4) is 0 Å². The highest BCUT2D eigenvalue weighted by molar-refractivity contribution is 7.92. The number of carbonyl (C=O) groups is 2. The summed E-state index contributed by atoms with van der Waals surface area (Å²) < 4.78 is 36.1. The van der Waals surface area contributed by atoms with E-state index in [-0.39, 0.29) is 23.1 Å². The molecule has 2 amide bonds. The van der Waals surface area contributed by atoms with Crippen LogP contribution in [0.4, 0.5) is 11.4 Å². The third-order valence-electron chi connectivity index (χ3n) is 8.69. The third kappa shape index (κ3) is 6.50. The lowest BCUT2D eigenvalue weighted by Crippen LogP contribution is -2.49. The standard InChI is InChI=1S/C36H36N4O7S/c1-24-29-23-28(15-16-32(29)47-33(24)36(43)44)48(45,46)40(18-17-25-7-3-2-4-8-25)31-10-6-5-9-30(31)38-19-21-39(22-20-38)35(42)27-13-11-26(12-14-27)34(37)41/h2-16,23,36,43-44H,17-22H2,1H3,(H2,37,41). The molecule has 1 saturated heterocycles. The Kier molecular flexibility index (Phi) is 9.22. The van der Waals surface area contributed by atoms with Gasteiger partial charge in [0.05, 0.1) is 16.3 Å². The van der Waals surface area contributed by atoms with Gasteiger partial charge in [-0.3, -0.25) is 13.9 Å². The molecule has 5 aromatic rings. The van der Waals surface area contributed by atoms with Gasteiger partial charge in [0.2, 0.25) is 12.2 Å². The third-order valence-corrected chi connectivity index (χ3v) is 10.5. The van der Waals surface area contributed by atoms with E-state index in [0.717, 1.165) is 11.3 Å².